The van der Waals surface area contributed by atoms with Crippen LogP contribution in [-0.4, -0.2) is 9.97 Å². The van der Waals surface area contributed by atoms with Crippen LogP contribution in [0.25, 0.3) is 22.3 Å². The monoisotopic (exact) mass is 345 g/mol. The average molecular weight is 346 g/mol. The van der Waals surface area contributed by atoms with Crippen molar-refractivity contribution in [3.05, 3.63) is 89.1 Å². The molecule has 0 saturated carbocycles. The van der Waals surface area contributed by atoms with Gasteiger partial charge in [-0.3, -0.25) is 0 Å². The summed E-state index contributed by atoms with van der Waals surface area (Å²) >= 11 is 6.34. The molecule has 1 aromatic heterocycles. The minimum atomic E-state index is 0.638. The molecular formula is C21H16ClN3. The zero-order chi connectivity index (χ0) is 17.2. The lowest BCUT2D eigenvalue weighted by Gasteiger charge is -2.11. The molecule has 3 aromatic carbocycles. The van der Waals surface area contributed by atoms with Gasteiger partial charge in [-0.15, -0.1) is 0 Å². The molecule has 1 heterocycles. The van der Waals surface area contributed by atoms with Crippen LogP contribution >= 0.6 is 11.6 Å². The highest BCUT2D eigenvalue weighted by Crippen LogP contribution is 2.28. The topological polar surface area (TPSA) is 51.8 Å². The number of rotatable bonds is 3. The quantitative estimate of drug-likeness (QED) is 0.524. The fourth-order valence-corrected chi connectivity index (χ4v) is 3.12. The molecule has 3 nitrogen and oxygen atoms in total. The maximum atomic E-state index is 6.34. The molecule has 122 valence electrons. The van der Waals surface area contributed by atoms with E-state index in [1.54, 1.807) is 0 Å². The summed E-state index contributed by atoms with van der Waals surface area (Å²) in [5.74, 6) is 0.638. The van der Waals surface area contributed by atoms with E-state index >= 15 is 0 Å². The number of hydrogen-bond acceptors (Lipinski definition) is 3. The van der Waals surface area contributed by atoms with Gasteiger partial charge in [-0.1, -0.05) is 60.1 Å². The Morgan fingerprint density at radius 2 is 1.52 bits per heavy atom. The van der Waals surface area contributed by atoms with Crippen molar-refractivity contribution in [3.63, 3.8) is 0 Å². The smallest absolute Gasteiger partial charge is 0.162 e. The van der Waals surface area contributed by atoms with E-state index in [1.807, 2.05) is 72.8 Å². The lowest BCUT2D eigenvalue weighted by atomic mass is 10.0. The maximum Gasteiger partial charge on any atom is 0.162 e. The molecule has 0 fully saturated rings. The predicted octanol–water partition coefficient (Wildman–Crippen LogP) is 5.12. The molecule has 0 amide bonds. The standard InChI is InChI=1S/C21H16ClN3/c22-17-10-4-1-7-14(17)13-20-16-9-3-6-12-19(16)24-21(25-20)15-8-2-5-11-18(15)23/h1-12H,13,23H2. The van der Waals surface area contributed by atoms with Crippen LogP contribution in [0.5, 0.6) is 0 Å². The minimum Gasteiger partial charge on any atom is -0.398 e. The van der Waals surface area contributed by atoms with Gasteiger partial charge in [0.15, 0.2) is 5.82 Å². The van der Waals surface area contributed by atoms with Crippen molar-refractivity contribution in [2.45, 2.75) is 6.42 Å². The van der Waals surface area contributed by atoms with Gasteiger partial charge in [0.25, 0.3) is 0 Å². The van der Waals surface area contributed by atoms with Gasteiger partial charge in [0.05, 0.1) is 11.2 Å². The summed E-state index contributed by atoms with van der Waals surface area (Å²) < 4.78 is 0. The third kappa shape index (κ3) is 3.06. The number of nitrogens with two attached hydrogens (primary N) is 1. The van der Waals surface area contributed by atoms with Crippen LogP contribution in [0.2, 0.25) is 5.02 Å². The molecule has 0 aliphatic heterocycles. The zero-order valence-electron chi connectivity index (χ0n) is 13.5. The zero-order valence-corrected chi connectivity index (χ0v) is 14.2. The number of halogens is 1. The third-order valence-electron chi connectivity index (χ3n) is 4.20. The molecule has 4 heteroatoms. The maximum absolute atomic E-state index is 6.34. The summed E-state index contributed by atoms with van der Waals surface area (Å²) in [6, 6.07) is 23.5. The Hall–Kier alpha value is -2.91. The van der Waals surface area contributed by atoms with Gasteiger partial charge in [0, 0.05) is 28.1 Å². The highest BCUT2D eigenvalue weighted by atomic mass is 35.5. The molecule has 2 N–H and O–H groups in total. The van der Waals surface area contributed by atoms with Crippen molar-refractivity contribution >= 4 is 28.2 Å². The predicted molar refractivity (Wildman–Crippen MR) is 104 cm³/mol. The highest BCUT2D eigenvalue weighted by Gasteiger charge is 2.12. The molecule has 0 radical (unpaired) electrons. The summed E-state index contributed by atoms with van der Waals surface area (Å²) in [5.41, 5.74) is 10.5. The van der Waals surface area contributed by atoms with Crippen molar-refractivity contribution in [2.24, 2.45) is 0 Å². The summed E-state index contributed by atoms with van der Waals surface area (Å²) in [5, 5.41) is 1.77. The van der Waals surface area contributed by atoms with E-state index in [4.69, 9.17) is 27.3 Å². The van der Waals surface area contributed by atoms with Crippen LogP contribution in [0.1, 0.15) is 11.3 Å². The number of benzene rings is 3. The van der Waals surface area contributed by atoms with Gasteiger partial charge in [-0.05, 0) is 29.8 Å². The van der Waals surface area contributed by atoms with E-state index in [1.165, 1.54) is 0 Å². The first-order chi connectivity index (χ1) is 12.2. The molecule has 4 aromatic rings. The number of fused-ring (bicyclic) bond motifs is 1. The van der Waals surface area contributed by atoms with Crippen LogP contribution in [0, 0.1) is 0 Å². The Labute approximate surface area is 151 Å². The highest BCUT2D eigenvalue weighted by molar-refractivity contribution is 6.31. The van der Waals surface area contributed by atoms with Gasteiger partial charge >= 0.3 is 0 Å². The van der Waals surface area contributed by atoms with Crippen LogP contribution in [0.4, 0.5) is 5.69 Å². The minimum absolute atomic E-state index is 0.638. The Bertz CT molecular complexity index is 1060. The van der Waals surface area contributed by atoms with Crippen molar-refractivity contribution in [1.29, 1.82) is 0 Å². The average Bonchev–Trinajstić information content (AvgIpc) is 2.64. The first-order valence-corrected chi connectivity index (χ1v) is 8.44. The summed E-state index contributed by atoms with van der Waals surface area (Å²) in [7, 11) is 0. The summed E-state index contributed by atoms with van der Waals surface area (Å²) in [4.78, 5) is 9.53. The number of nitrogen functional groups attached to an aromatic ring is 1. The first-order valence-electron chi connectivity index (χ1n) is 8.06. The molecule has 0 aliphatic rings. The Balaban J connectivity index is 1.91. The Morgan fingerprint density at radius 3 is 2.36 bits per heavy atom. The largest absolute Gasteiger partial charge is 0.398 e. The molecule has 0 unspecified atom stereocenters. The fourth-order valence-electron chi connectivity index (χ4n) is 2.92. The fraction of sp³-hybridized carbons (Fsp3) is 0.0476. The third-order valence-corrected chi connectivity index (χ3v) is 4.57. The molecule has 0 saturated heterocycles. The van der Waals surface area contributed by atoms with E-state index in [-0.39, 0.29) is 0 Å². The van der Waals surface area contributed by atoms with Crippen molar-refractivity contribution in [3.8, 4) is 11.4 Å². The molecule has 25 heavy (non-hydrogen) atoms. The van der Waals surface area contributed by atoms with Gasteiger partial charge in [0.2, 0.25) is 0 Å². The van der Waals surface area contributed by atoms with E-state index in [0.29, 0.717) is 17.9 Å². The van der Waals surface area contributed by atoms with E-state index in [2.05, 4.69) is 0 Å². The van der Waals surface area contributed by atoms with Gasteiger partial charge in [-0.2, -0.15) is 0 Å². The number of anilines is 1. The molecule has 0 spiro atoms. The first kappa shape index (κ1) is 15.6. The van der Waals surface area contributed by atoms with Crippen LogP contribution in [0.15, 0.2) is 72.8 Å². The van der Waals surface area contributed by atoms with Crippen molar-refractivity contribution in [1.82, 2.24) is 9.97 Å². The normalized spacial score (nSPS) is 10.9. The van der Waals surface area contributed by atoms with Crippen molar-refractivity contribution < 1.29 is 0 Å². The summed E-state index contributed by atoms with van der Waals surface area (Å²) in [6.45, 7) is 0. The van der Waals surface area contributed by atoms with E-state index in [0.717, 1.165) is 32.7 Å². The van der Waals surface area contributed by atoms with E-state index < -0.39 is 0 Å². The SMILES string of the molecule is Nc1ccccc1-c1nc(Cc2ccccc2Cl)c2ccccc2n1. The Kier molecular flexibility index (Phi) is 4.08. The van der Waals surface area contributed by atoms with Crippen LogP contribution in [0.3, 0.4) is 0 Å². The lowest BCUT2D eigenvalue weighted by Crippen LogP contribution is -2.01. The van der Waals surface area contributed by atoms with E-state index in [9.17, 15) is 0 Å². The number of aromatic nitrogens is 2. The van der Waals surface area contributed by atoms with Gasteiger partial charge < -0.3 is 5.73 Å². The second-order valence-electron chi connectivity index (χ2n) is 5.87. The number of para-hydroxylation sites is 2. The van der Waals surface area contributed by atoms with Gasteiger partial charge in [-0.25, -0.2) is 9.97 Å². The number of nitrogens with zero attached hydrogens (tertiary/aromatic N) is 2. The second-order valence-corrected chi connectivity index (χ2v) is 6.27. The lowest BCUT2D eigenvalue weighted by molar-refractivity contribution is 1.07. The molecule has 4 rings (SSSR count). The molecule has 0 atom stereocenters. The molecular weight excluding hydrogens is 330 g/mol. The van der Waals surface area contributed by atoms with Crippen LogP contribution < -0.4 is 5.73 Å². The van der Waals surface area contributed by atoms with Crippen molar-refractivity contribution in [2.75, 3.05) is 5.73 Å². The second kappa shape index (κ2) is 6.54. The van der Waals surface area contributed by atoms with Crippen LogP contribution in [-0.2, 0) is 6.42 Å². The number of hydrogen-bond donors (Lipinski definition) is 1. The molecule has 0 aliphatic carbocycles. The summed E-state index contributed by atoms with van der Waals surface area (Å²) in [6.07, 6.45) is 0.641. The molecule has 0 bridgehead atoms. The Morgan fingerprint density at radius 1 is 0.800 bits per heavy atom. The van der Waals surface area contributed by atoms with Gasteiger partial charge in [0.1, 0.15) is 0 Å².